The van der Waals surface area contributed by atoms with Crippen molar-refractivity contribution in [2.75, 3.05) is 5.32 Å². The minimum Gasteiger partial charge on any atom is -0.328 e. The standard InChI is InChI=1S/C12H9ClF3N3O/c13-9-2-1-8(12(14,15)16)5-10(9)18-11(20)6-19-4-3-17-7-19/h1-5,7H,6H2,(H,18,20). The molecule has 1 aromatic heterocycles. The van der Waals surface area contributed by atoms with Crippen LogP contribution in [0.25, 0.3) is 0 Å². The number of nitrogens with zero attached hydrogens (tertiary/aromatic N) is 2. The van der Waals surface area contributed by atoms with Gasteiger partial charge in [0, 0.05) is 12.4 Å². The average molecular weight is 304 g/mol. The summed E-state index contributed by atoms with van der Waals surface area (Å²) in [4.78, 5) is 15.4. The second kappa shape index (κ2) is 5.54. The Balaban J connectivity index is 2.14. The van der Waals surface area contributed by atoms with Crippen molar-refractivity contribution in [1.82, 2.24) is 9.55 Å². The Morgan fingerprint density at radius 1 is 1.40 bits per heavy atom. The molecule has 2 aromatic rings. The number of halogens is 4. The van der Waals surface area contributed by atoms with Gasteiger partial charge in [0.1, 0.15) is 6.54 Å². The predicted octanol–water partition coefficient (Wildman–Crippen LogP) is 3.19. The zero-order valence-corrected chi connectivity index (χ0v) is 10.7. The number of benzene rings is 1. The first-order valence-corrected chi connectivity index (χ1v) is 5.86. The van der Waals surface area contributed by atoms with Crippen LogP contribution in [0.5, 0.6) is 0 Å². The van der Waals surface area contributed by atoms with Crippen LogP contribution in [0.4, 0.5) is 18.9 Å². The van der Waals surface area contributed by atoms with Gasteiger partial charge < -0.3 is 9.88 Å². The molecular formula is C12H9ClF3N3O. The molecule has 4 nitrogen and oxygen atoms in total. The summed E-state index contributed by atoms with van der Waals surface area (Å²) >= 11 is 5.77. The Bertz CT molecular complexity index is 611. The van der Waals surface area contributed by atoms with Gasteiger partial charge >= 0.3 is 6.18 Å². The van der Waals surface area contributed by atoms with Crippen LogP contribution in [-0.4, -0.2) is 15.5 Å². The highest BCUT2D eigenvalue weighted by Crippen LogP contribution is 2.33. The topological polar surface area (TPSA) is 46.9 Å². The Labute approximate surface area is 117 Å². The number of nitrogens with one attached hydrogen (secondary N) is 1. The summed E-state index contributed by atoms with van der Waals surface area (Å²) in [5.41, 5.74) is -0.952. The second-order valence-electron chi connectivity index (χ2n) is 3.98. The Morgan fingerprint density at radius 2 is 2.15 bits per heavy atom. The van der Waals surface area contributed by atoms with Gasteiger partial charge in [-0.05, 0) is 18.2 Å². The second-order valence-corrected chi connectivity index (χ2v) is 4.38. The molecule has 8 heteroatoms. The number of alkyl halides is 3. The monoisotopic (exact) mass is 303 g/mol. The van der Waals surface area contributed by atoms with Gasteiger partial charge in [0.2, 0.25) is 5.91 Å². The van der Waals surface area contributed by atoms with Gasteiger partial charge in [0.05, 0.1) is 22.6 Å². The molecule has 1 aromatic carbocycles. The maximum Gasteiger partial charge on any atom is 0.416 e. The molecule has 1 heterocycles. The lowest BCUT2D eigenvalue weighted by Crippen LogP contribution is -2.18. The molecular weight excluding hydrogens is 295 g/mol. The lowest BCUT2D eigenvalue weighted by atomic mass is 10.2. The van der Waals surface area contributed by atoms with Gasteiger partial charge in [0.25, 0.3) is 0 Å². The fourth-order valence-electron chi connectivity index (χ4n) is 1.53. The van der Waals surface area contributed by atoms with E-state index >= 15 is 0 Å². The zero-order chi connectivity index (χ0) is 14.8. The SMILES string of the molecule is O=C(Cn1ccnc1)Nc1cc(C(F)(F)F)ccc1Cl. The molecule has 0 spiro atoms. The molecule has 0 atom stereocenters. The van der Waals surface area contributed by atoms with E-state index in [0.717, 1.165) is 18.2 Å². The molecule has 0 saturated carbocycles. The molecule has 0 bridgehead atoms. The number of carbonyl (C=O) groups excluding carboxylic acids is 1. The highest BCUT2D eigenvalue weighted by Gasteiger charge is 2.31. The average Bonchev–Trinajstić information content (AvgIpc) is 2.83. The van der Waals surface area contributed by atoms with E-state index in [9.17, 15) is 18.0 Å². The fourth-order valence-corrected chi connectivity index (χ4v) is 1.70. The van der Waals surface area contributed by atoms with Gasteiger partial charge in [-0.1, -0.05) is 11.6 Å². The molecule has 0 fully saturated rings. The lowest BCUT2D eigenvalue weighted by Gasteiger charge is -2.11. The van der Waals surface area contributed by atoms with Gasteiger partial charge in [0.15, 0.2) is 0 Å². The first-order chi connectivity index (χ1) is 9.36. The van der Waals surface area contributed by atoms with E-state index in [0.29, 0.717) is 0 Å². The van der Waals surface area contributed by atoms with Crippen molar-refractivity contribution in [2.45, 2.75) is 12.7 Å². The molecule has 0 aliphatic carbocycles. The molecule has 0 aliphatic heterocycles. The maximum atomic E-state index is 12.6. The first kappa shape index (κ1) is 14.4. The van der Waals surface area contributed by atoms with E-state index in [1.165, 1.54) is 17.1 Å². The van der Waals surface area contributed by atoms with E-state index in [-0.39, 0.29) is 17.3 Å². The molecule has 0 saturated heterocycles. The first-order valence-electron chi connectivity index (χ1n) is 5.48. The van der Waals surface area contributed by atoms with Crippen molar-refractivity contribution < 1.29 is 18.0 Å². The number of imidazole rings is 1. The summed E-state index contributed by atoms with van der Waals surface area (Å²) in [6.45, 7) is -0.0629. The number of anilines is 1. The number of rotatable bonds is 3. The number of hydrogen-bond donors (Lipinski definition) is 1. The number of carbonyl (C=O) groups is 1. The van der Waals surface area contributed by atoms with E-state index in [2.05, 4.69) is 10.3 Å². The molecule has 2 rings (SSSR count). The van der Waals surface area contributed by atoms with E-state index in [1.54, 1.807) is 6.20 Å². The number of amides is 1. The summed E-state index contributed by atoms with van der Waals surface area (Å²) in [7, 11) is 0. The number of aromatic nitrogens is 2. The lowest BCUT2D eigenvalue weighted by molar-refractivity contribution is -0.137. The fraction of sp³-hybridized carbons (Fsp3) is 0.167. The minimum atomic E-state index is -4.49. The van der Waals surface area contributed by atoms with E-state index in [4.69, 9.17) is 11.6 Å². The minimum absolute atomic E-state index is 0.0389. The normalized spacial score (nSPS) is 11.4. The van der Waals surface area contributed by atoms with E-state index in [1.807, 2.05) is 0 Å². The molecule has 0 aliphatic rings. The third-order valence-electron chi connectivity index (χ3n) is 2.45. The van der Waals surface area contributed by atoms with Gasteiger partial charge in [-0.15, -0.1) is 0 Å². The van der Waals surface area contributed by atoms with Crippen LogP contribution in [0.3, 0.4) is 0 Å². The van der Waals surface area contributed by atoms with Crippen LogP contribution in [-0.2, 0) is 17.5 Å². The van der Waals surface area contributed by atoms with Crippen molar-refractivity contribution in [1.29, 1.82) is 0 Å². The van der Waals surface area contributed by atoms with Crippen LogP contribution in [0.1, 0.15) is 5.56 Å². The summed E-state index contributed by atoms with van der Waals surface area (Å²) in [6, 6.07) is 2.75. The molecule has 106 valence electrons. The van der Waals surface area contributed by atoms with Crippen molar-refractivity contribution in [3.63, 3.8) is 0 Å². The summed E-state index contributed by atoms with van der Waals surface area (Å²) in [5.74, 6) is -0.496. The van der Waals surface area contributed by atoms with Crippen LogP contribution < -0.4 is 5.32 Å². The Kier molecular flexibility index (Phi) is 3.99. The van der Waals surface area contributed by atoms with Crippen LogP contribution in [0.15, 0.2) is 36.9 Å². The highest BCUT2D eigenvalue weighted by molar-refractivity contribution is 6.33. The van der Waals surface area contributed by atoms with Gasteiger partial charge in [-0.2, -0.15) is 13.2 Å². The molecule has 0 unspecified atom stereocenters. The van der Waals surface area contributed by atoms with Crippen molar-refractivity contribution in [3.8, 4) is 0 Å². The summed E-state index contributed by atoms with van der Waals surface area (Å²) in [5, 5.41) is 2.38. The molecule has 0 radical (unpaired) electrons. The van der Waals surface area contributed by atoms with Crippen LogP contribution in [0.2, 0.25) is 5.02 Å². The highest BCUT2D eigenvalue weighted by atomic mass is 35.5. The third-order valence-corrected chi connectivity index (χ3v) is 2.78. The Morgan fingerprint density at radius 3 is 2.75 bits per heavy atom. The number of hydrogen-bond acceptors (Lipinski definition) is 2. The van der Waals surface area contributed by atoms with Crippen LogP contribution >= 0.6 is 11.6 Å². The van der Waals surface area contributed by atoms with Crippen LogP contribution in [0, 0.1) is 0 Å². The van der Waals surface area contributed by atoms with E-state index < -0.39 is 17.6 Å². The third kappa shape index (κ3) is 3.51. The molecule has 20 heavy (non-hydrogen) atoms. The van der Waals surface area contributed by atoms with Gasteiger partial charge in [-0.3, -0.25) is 4.79 Å². The summed E-state index contributed by atoms with van der Waals surface area (Å²) in [6.07, 6.45) is -0.0143. The van der Waals surface area contributed by atoms with Gasteiger partial charge in [-0.25, -0.2) is 4.98 Å². The summed E-state index contributed by atoms with van der Waals surface area (Å²) < 4.78 is 39.2. The van der Waals surface area contributed by atoms with Crippen molar-refractivity contribution >= 4 is 23.2 Å². The smallest absolute Gasteiger partial charge is 0.328 e. The largest absolute Gasteiger partial charge is 0.416 e. The zero-order valence-electron chi connectivity index (χ0n) is 9.99. The quantitative estimate of drug-likeness (QED) is 0.946. The molecule has 1 N–H and O–H groups in total. The maximum absolute atomic E-state index is 12.6. The van der Waals surface area contributed by atoms with Crippen molar-refractivity contribution in [3.05, 3.63) is 47.5 Å². The predicted molar refractivity (Wildman–Crippen MR) is 67.3 cm³/mol. The molecule has 1 amide bonds. The Hall–Kier alpha value is -2.02. The van der Waals surface area contributed by atoms with Crippen molar-refractivity contribution in [2.24, 2.45) is 0 Å².